The lowest BCUT2D eigenvalue weighted by Gasteiger charge is -2.03. The minimum absolute atomic E-state index is 0.0296. The monoisotopic (exact) mass is 260 g/mol. The summed E-state index contributed by atoms with van der Waals surface area (Å²) in [5.41, 5.74) is 1.16. The molecule has 2 heterocycles. The number of nitrogens with zero attached hydrogens (tertiary/aromatic N) is 2. The Kier molecular flexibility index (Phi) is 2.52. The van der Waals surface area contributed by atoms with Gasteiger partial charge in [-0.25, -0.2) is 14.2 Å². The Morgan fingerprint density at radius 2 is 2.16 bits per heavy atom. The second-order valence-corrected chi connectivity index (χ2v) is 3.85. The zero-order valence-corrected chi connectivity index (χ0v) is 9.90. The fraction of sp³-hybridized carbons (Fsp3) is 0.0833. The first-order chi connectivity index (χ1) is 9.19. The first-order valence-electron chi connectivity index (χ1n) is 5.50. The molecule has 1 aromatic carbocycles. The Bertz CT molecular complexity index is 792. The number of halogens is 1. The van der Waals surface area contributed by atoms with Crippen LogP contribution in [0.4, 0.5) is 10.2 Å². The summed E-state index contributed by atoms with van der Waals surface area (Å²) in [5, 5.41) is 2.84. The molecule has 6 nitrogen and oxygen atoms in total. The predicted octanol–water partition coefficient (Wildman–Crippen LogP) is 1.76. The van der Waals surface area contributed by atoms with E-state index in [2.05, 4.69) is 20.3 Å². The van der Waals surface area contributed by atoms with E-state index >= 15 is 0 Å². The zero-order chi connectivity index (χ0) is 13.4. The molecule has 0 spiro atoms. The third-order valence-electron chi connectivity index (χ3n) is 2.71. The Morgan fingerprint density at radius 3 is 2.84 bits per heavy atom. The molecule has 0 aliphatic rings. The molecule has 0 aliphatic carbocycles. The van der Waals surface area contributed by atoms with E-state index in [1.165, 1.54) is 24.5 Å². The van der Waals surface area contributed by atoms with Crippen molar-refractivity contribution in [2.24, 2.45) is 0 Å². The maximum absolute atomic E-state index is 13.5. The van der Waals surface area contributed by atoms with Crippen LogP contribution in [0.2, 0.25) is 0 Å². The standard InChI is InChI=1S/C12H9FN4O2/c1-14-9-5-15-8(4-16-9)6-2-3-7(13)10-11(6)19-12(18)17-10/h2-5H,1H3,(H,14,16)(H,17,18). The lowest BCUT2D eigenvalue weighted by molar-refractivity contribution is 0.556. The Balaban J connectivity index is 2.24. The number of hydrogen-bond acceptors (Lipinski definition) is 5. The largest absolute Gasteiger partial charge is 0.417 e. The Hall–Kier alpha value is -2.70. The van der Waals surface area contributed by atoms with Gasteiger partial charge in [-0.05, 0) is 12.1 Å². The summed E-state index contributed by atoms with van der Waals surface area (Å²) < 4.78 is 18.5. The van der Waals surface area contributed by atoms with Crippen molar-refractivity contribution in [3.05, 3.63) is 40.9 Å². The fourth-order valence-corrected chi connectivity index (χ4v) is 1.80. The van der Waals surface area contributed by atoms with Crippen LogP contribution in [0.1, 0.15) is 0 Å². The van der Waals surface area contributed by atoms with Gasteiger partial charge in [-0.1, -0.05) is 0 Å². The summed E-state index contributed by atoms with van der Waals surface area (Å²) in [6, 6.07) is 2.74. The lowest BCUT2D eigenvalue weighted by atomic mass is 10.1. The molecule has 0 fully saturated rings. The van der Waals surface area contributed by atoms with Gasteiger partial charge in [0.2, 0.25) is 0 Å². The van der Waals surface area contributed by atoms with Gasteiger partial charge in [0.05, 0.1) is 18.1 Å². The normalized spacial score (nSPS) is 10.8. The summed E-state index contributed by atoms with van der Waals surface area (Å²) in [6.07, 6.45) is 3.06. The van der Waals surface area contributed by atoms with Crippen molar-refractivity contribution in [3.63, 3.8) is 0 Å². The second-order valence-electron chi connectivity index (χ2n) is 3.85. The first-order valence-corrected chi connectivity index (χ1v) is 5.50. The maximum Gasteiger partial charge on any atom is 0.417 e. The summed E-state index contributed by atoms with van der Waals surface area (Å²) in [7, 11) is 1.73. The minimum atomic E-state index is -0.707. The SMILES string of the molecule is CNc1cnc(-c2ccc(F)c3[nH]c(=O)oc23)cn1. The average Bonchev–Trinajstić information content (AvgIpc) is 2.82. The second kappa shape index (κ2) is 4.20. The number of nitrogens with one attached hydrogen (secondary N) is 2. The third kappa shape index (κ3) is 1.85. The number of benzene rings is 1. The summed E-state index contributed by atoms with van der Waals surface area (Å²) in [4.78, 5) is 21.8. The fourth-order valence-electron chi connectivity index (χ4n) is 1.80. The average molecular weight is 260 g/mol. The van der Waals surface area contributed by atoms with Crippen LogP contribution in [0, 0.1) is 5.82 Å². The van der Waals surface area contributed by atoms with Crippen LogP contribution in [0.15, 0.2) is 33.7 Å². The van der Waals surface area contributed by atoms with Gasteiger partial charge in [0.25, 0.3) is 0 Å². The number of aromatic nitrogens is 3. The lowest BCUT2D eigenvalue weighted by Crippen LogP contribution is -1.94. The molecule has 3 rings (SSSR count). The molecule has 0 bridgehead atoms. The van der Waals surface area contributed by atoms with Crippen LogP contribution in [0.25, 0.3) is 22.4 Å². The van der Waals surface area contributed by atoms with E-state index in [1.54, 1.807) is 7.05 Å². The van der Waals surface area contributed by atoms with Crippen molar-refractivity contribution in [1.82, 2.24) is 15.0 Å². The van der Waals surface area contributed by atoms with E-state index in [0.29, 0.717) is 17.1 Å². The third-order valence-corrected chi connectivity index (χ3v) is 2.71. The van der Waals surface area contributed by atoms with Crippen molar-refractivity contribution in [2.75, 3.05) is 12.4 Å². The van der Waals surface area contributed by atoms with Crippen molar-refractivity contribution in [1.29, 1.82) is 0 Å². The summed E-state index contributed by atoms with van der Waals surface area (Å²) >= 11 is 0. The van der Waals surface area contributed by atoms with Gasteiger partial charge >= 0.3 is 5.76 Å². The van der Waals surface area contributed by atoms with Gasteiger partial charge in [0.1, 0.15) is 11.3 Å². The Morgan fingerprint density at radius 1 is 1.32 bits per heavy atom. The van der Waals surface area contributed by atoms with E-state index in [0.717, 1.165) is 0 Å². The zero-order valence-electron chi connectivity index (χ0n) is 9.90. The summed E-state index contributed by atoms with van der Waals surface area (Å²) in [6.45, 7) is 0. The van der Waals surface area contributed by atoms with E-state index in [1.807, 2.05) is 0 Å². The van der Waals surface area contributed by atoms with Crippen molar-refractivity contribution < 1.29 is 8.81 Å². The molecule has 2 N–H and O–H groups in total. The highest BCUT2D eigenvalue weighted by Gasteiger charge is 2.14. The van der Waals surface area contributed by atoms with Crippen LogP contribution in [0.5, 0.6) is 0 Å². The minimum Gasteiger partial charge on any atom is -0.407 e. The van der Waals surface area contributed by atoms with Crippen LogP contribution in [0.3, 0.4) is 0 Å². The molecule has 0 aliphatic heterocycles. The molecular formula is C12H9FN4O2. The van der Waals surface area contributed by atoms with E-state index in [4.69, 9.17) is 4.42 Å². The van der Waals surface area contributed by atoms with E-state index in [-0.39, 0.29) is 11.1 Å². The van der Waals surface area contributed by atoms with E-state index in [9.17, 15) is 9.18 Å². The summed E-state index contributed by atoms with van der Waals surface area (Å²) in [5.74, 6) is -0.650. The van der Waals surface area contributed by atoms with Crippen LogP contribution >= 0.6 is 0 Å². The number of fused-ring (bicyclic) bond motifs is 1. The maximum atomic E-state index is 13.5. The van der Waals surface area contributed by atoms with Gasteiger partial charge in [0, 0.05) is 12.6 Å². The Labute approximate surface area is 106 Å². The molecule has 0 saturated carbocycles. The molecule has 0 atom stereocenters. The van der Waals surface area contributed by atoms with Crippen molar-refractivity contribution in [3.8, 4) is 11.3 Å². The number of rotatable bonds is 2. The molecule has 2 aromatic heterocycles. The predicted molar refractivity (Wildman–Crippen MR) is 67.4 cm³/mol. The van der Waals surface area contributed by atoms with Gasteiger partial charge in [-0.15, -0.1) is 0 Å². The number of anilines is 1. The highest BCUT2D eigenvalue weighted by molar-refractivity contribution is 5.89. The number of aromatic amines is 1. The van der Waals surface area contributed by atoms with Gasteiger partial charge in [0.15, 0.2) is 11.4 Å². The highest BCUT2D eigenvalue weighted by Crippen LogP contribution is 2.27. The molecule has 0 amide bonds. The molecule has 96 valence electrons. The smallest absolute Gasteiger partial charge is 0.407 e. The molecule has 7 heteroatoms. The quantitative estimate of drug-likeness (QED) is 0.733. The van der Waals surface area contributed by atoms with Crippen LogP contribution in [-0.2, 0) is 0 Å². The van der Waals surface area contributed by atoms with E-state index < -0.39 is 11.6 Å². The first kappa shape index (κ1) is 11.4. The van der Waals surface area contributed by atoms with Crippen LogP contribution < -0.4 is 11.1 Å². The molecular weight excluding hydrogens is 251 g/mol. The number of oxazole rings is 1. The van der Waals surface area contributed by atoms with Gasteiger partial charge < -0.3 is 9.73 Å². The van der Waals surface area contributed by atoms with Crippen molar-refractivity contribution in [2.45, 2.75) is 0 Å². The topological polar surface area (TPSA) is 83.8 Å². The molecule has 0 unspecified atom stereocenters. The van der Waals surface area contributed by atoms with Crippen molar-refractivity contribution >= 4 is 16.9 Å². The molecule has 19 heavy (non-hydrogen) atoms. The van der Waals surface area contributed by atoms with Gasteiger partial charge in [-0.3, -0.25) is 9.97 Å². The molecule has 0 saturated heterocycles. The van der Waals surface area contributed by atoms with Crippen LogP contribution in [-0.4, -0.2) is 22.0 Å². The van der Waals surface area contributed by atoms with Gasteiger partial charge in [-0.2, -0.15) is 0 Å². The number of hydrogen-bond donors (Lipinski definition) is 2. The highest BCUT2D eigenvalue weighted by atomic mass is 19.1. The molecule has 3 aromatic rings. The number of H-pyrrole nitrogens is 1. The molecule has 0 radical (unpaired) electrons.